The molecule has 19 heavy (non-hydrogen) atoms. The van der Waals surface area contributed by atoms with E-state index in [9.17, 15) is 4.79 Å². The number of rotatable bonds is 4. The summed E-state index contributed by atoms with van der Waals surface area (Å²) < 4.78 is 0. The molecule has 2 aliphatic rings. The molecule has 0 aliphatic heterocycles. The molecule has 3 unspecified atom stereocenters. The topological polar surface area (TPSA) is 29.1 Å². The van der Waals surface area contributed by atoms with Crippen LogP contribution in [0.5, 0.6) is 0 Å². The van der Waals surface area contributed by atoms with Gasteiger partial charge < -0.3 is 5.32 Å². The maximum atomic E-state index is 12.2. The van der Waals surface area contributed by atoms with E-state index in [1.165, 1.54) is 16.9 Å². The Kier molecular flexibility index (Phi) is 3.57. The van der Waals surface area contributed by atoms with Crippen LogP contribution in [-0.2, 0) is 4.79 Å². The molecule has 1 aromatic rings. The number of amides is 1. The van der Waals surface area contributed by atoms with E-state index in [1.807, 2.05) is 0 Å². The minimum absolute atomic E-state index is 0.111. The first-order valence-electron chi connectivity index (χ1n) is 7.11. The Hall–Kier alpha value is -0.960. The number of nitrogens with one attached hydrogen (secondary N) is 1. The molecule has 0 bridgehead atoms. The third kappa shape index (κ3) is 2.81. The number of carbonyl (C=O) groups excluding carboxylic acids is 1. The zero-order valence-corrected chi connectivity index (χ0v) is 12.4. The largest absolute Gasteiger partial charge is 0.349 e. The van der Waals surface area contributed by atoms with Crippen LogP contribution in [-0.4, -0.2) is 12.2 Å². The van der Waals surface area contributed by atoms with Crippen molar-refractivity contribution < 1.29 is 4.79 Å². The zero-order chi connectivity index (χ0) is 13.4. The summed E-state index contributed by atoms with van der Waals surface area (Å²) in [6, 6.07) is 8.58. The first kappa shape index (κ1) is 13.0. The molecule has 0 spiro atoms. The van der Waals surface area contributed by atoms with Crippen molar-refractivity contribution in [1.82, 2.24) is 5.32 Å². The summed E-state index contributed by atoms with van der Waals surface area (Å²) in [7, 11) is 0. The Bertz CT molecular complexity index is 460. The van der Waals surface area contributed by atoms with E-state index in [0.29, 0.717) is 0 Å². The average Bonchev–Trinajstić information content (AvgIpc) is 3.05. The minimum Gasteiger partial charge on any atom is -0.349 e. The molecule has 0 radical (unpaired) electrons. The van der Waals surface area contributed by atoms with Crippen LogP contribution < -0.4 is 5.32 Å². The highest BCUT2D eigenvalue weighted by Gasteiger charge is 2.48. The van der Waals surface area contributed by atoms with Crippen molar-refractivity contribution in [2.24, 2.45) is 17.8 Å². The van der Waals surface area contributed by atoms with Gasteiger partial charge in [-0.3, -0.25) is 4.79 Å². The van der Waals surface area contributed by atoms with Gasteiger partial charge in [-0.05, 0) is 62.0 Å². The Morgan fingerprint density at radius 1 is 1.21 bits per heavy atom. The summed E-state index contributed by atoms with van der Waals surface area (Å²) in [5.41, 5.74) is 1.19. The van der Waals surface area contributed by atoms with Gasteiger partial charge in [0.25, 0.3) is 0 Å². The highest BCUT2D eigenvalue weighted by atomic mass is 32.2. The molecule has 3 heteroatoms. The van der Waals surface area contributed by atoms with Crippen molar-refractivity contribution in [3.8, 4) is 0 Å². The van der Waals surface area contributed by atoms with E-state index < -0.39 is 0 Å². The molecule has 3 rings (SSSR count). The Balaban J connectivity index is 1.57. The quantitative estimate of drug-likeness (QED) is 0.850. The molecular weight excluding hydrogens is 254 g/mol. The predicted molar refractivity (Wildman–Crippen MR) is 79.1 cm³/mol. The minimum atomic E-state index is 0.111. The predicted octanol–water partition coefficient (Wildman–Crippen LogP) is 3.63. The van der Waals surface area contributed by atoms with E-state index in [4.69, 9.17) is 0 Å². The third-order valence-electron chi connectivity index (χ3n) is 4.59. The molecule has 1 aromatic carbocycles. The molecule has 0 saturated heterocycles. The Morgan fingerprint density at radius 2 is 1.84 bits per heavy atom. The lowest BCUT2D eigenvalue weighted by Crippen LogP contribution is -2.32. The van der Waals surface area contributed by atoms with Crippen LogP contribution in [0.3, 0.4) is 0 Å². The number of fused-ring (bicyclic) bond motifs is 1. The second-order valence-electron chi connectivity index (χ2n) is 5.93. The van der Waals surface area contributed by atoms with Crippen molar-refractivity contribution in [1.29, 1.82) is 0 Å². The van der Waals surface area contributed by atoms with Crippen molar-refractivity contribution in [2.45, 2.75) is 37.1 Å². The molecule has 1 amide bonds. The van der Waals surface area contributed by atoms with Gasteiger partial charge in [-0.25, -0.2) is 0 Å². The lowest BCUT2D eigenvalue weighted by molar-refractivity contribution is -0.125. The SMILES string of the molecule is CSc1ccc(C(C)NC(=O)C2CC3CC3C2)cc1. The van der Waals surface area contributed by atoms with Crippen LogP contribution in [0.1, 0.15) is 37.8 Å². The fourth-order valence-corrected chi connectivity index (χ4v) is 3.64. The molecule has 2 aliphatic carbocycles. The second kappa shape index (κ2) is 5.20. The number of carbonyl (C=O) groups is 1. The summed E-state index contributed by atoms with van der Waals surface area (Å²) in [6.07, 6.45) is 5.68. The standard InChI is InChI=1S/C16H21NOS/c1-10(11-3-5-15(19-2)6-4-11)17-16(18)14-8-12-7-13(12)9-14/h3-6,10,12-14H,7-9H2,1-2H3,(H,17,18). The van der Waals surface area contributed by atoms with Gasteiger partial charge in [0.1, 0.15) is 0 Å². The van der Waals surface area contributed by atoms with Gasteiger partial charge in [-0.15, -0.1) is 11.8 Å². The summed E-state index contributed by atoms with van der Waals surface area (Å²) >= 11 is 1.74. The molecular formula is C16H21NOS. The Morgan fingerprint density at radius 3 is 2.42 bits per heavy atom. The Labute approximate surface area is 119 Å². The molecule has 1 N–H and O–H groups in total. The smallest absolute Gasteiger partial charge is 0.223 e. The van der Waals surface area contributed by atoms with Gasteiger partial charge in [0.05, 0.1) is 6.04 Å². The summed E-state index contributed by atoms with van der Waals surface area (Å²) in [6.45, 7) is 2.07. The summed E-state index contributed by atoms with van der Waals surface area (Å²) in [4.78, 5) is 13.5. The fourth-order valence-electron chi connectivity index (χ4n) is 3.24. The van der Waals surface area contributed by atoms with Gasteiger partial charge in [-0.2, -0.15) is 0 Å². The maximum absolute atomic E-state index is 12.2. The van der Waals surface area contributed by atoms with Crippen molar-refractivity contribution in [3.63, 3.8) is 0 Å². The molecule has 3 atom stereocenters. The van der Waals surface area contributed by atoms with Crippen LogP contribution in [0.25, 0.3) is 0 Å². The molecule has 102 valence electrons. The summed E-state index contributed by atoms with van der Waals surface area (Å²) in [5.74, 6) is 2.27. The number of hydrogen-bond donors (Lipinski definition) is 1. The van der Waals surface area contributed by atoms with Crippen molar-refractivity contribution >= 4 is 17.7 Å². The van der Waals surface area contributed by atoms with Gasteiger partial charge in [0.15, 0.2) is 0 Å². The summed E-state index contributed by atoms with van der Waals surface area (Å²) in [5, 5.41) is 3.17. The van der Waals surface area contributed by atoms with Crippen LogP contribution in [0, 0.1) is 17.8 Å². The first-order chi connectivity index (χ1) is 9.17. The van der Waals surface area contributed by atoms with E-state index in [1.54, 1.807) is 11.8 Å². The maximum Gasteiger partial charge on any atom is 0.223 e. The van der Waals surface area contributed by atoms with Crippen LogP contribution in [0.15, 0.2) is 29.2 Å². The van der Waals surface area contributed by atoms with Gasteiger partial charge in [0, 0.05) is 10.8 Å². The molecule has 0 heterocycles. The zero-order valence-electron chi connectivity index (χ0n) is 11.6. The number of benzene rings is 1. The van der Waals surface area contributed by atoms with E-state index >= 15 is 0 Å². The lowest BCUT2D eigenvalue weighted by atomic mass is 10.0. The third-order valence-corrected chi connectivity index (χ3v) is 5.33. The monoisotopic (exact) mass is 275 g/mol. The number of thioether (sulfide) groups is 1. The van der Waals surface area contributed by atoms with Crippen LogP contribution >= 0.6 is 11.8 Å². The van der Waals surface area contributed by atoms with Crippen LogP contribution in [0.4, 0.5) is 0 Å². The van der Waals surface area contributed by atoms with Crippen molar-refractivity contribution in [3.05, 3.63) is 29.8 Å². The highest BCUT2D eigenvalue weighted by Crippen LogP contribution is 2.54. The van der Waals surface area contributed by atoms with Crippen molar-refractivity contribution in [2.75, 3.05) is 6.26 Å². The fraction of sp³-hybridized carbons (Fsp3) is 0.562. The molecule has 2 saturated carbocycles. The average molecular weight is 275 g/mol. The first-order valence-corrected chi connectivity index (χ1v) is 8.34. The molecule has 2 nitrogen and oxygen atoms in total. The molecule has 2 fully saturated rings. The van der Waals surface area contributed by atoms with E-state index in [-0.39, 0.29) is 17.9 Å². The normalized spacial score (nSPS) is 29.7. The lowest BCUT2D eigenvalue weighted by Gasteiger charge is -2.18. The van der Waals surface area contributed by atoms with Crippen LogP contribution in [0.2, 0.25) is 0 Å². The molecule has 0 aromatic heterocycles. The second-order valence-corrected chi connectivity index (χ2v) is 6.81. The van der Waals surface area contributed by atoms with E-state index in [2.05, 4.69) is 42.8 Å². The highest BCUT2D eigenvalue weighted by molar-refractivity contribution is 7.98. The van der Waals surface area contributed by atoms with Gasteiger partial charge >= 0.3 is 0 Å². The van der Waals surface area contributed by atoms with Gasteiger partial charge in [-0.1, -0.05) is 12.1 Å². The number of hydrogen-bond acceptors (Lipinski definition) is 2. The van der Waals surface area contributed by atoms with Gasteiger partial charge in [0.2, 0.25) is 5.91 Å². The van der Waals surface area contributed by atoms with E-state index in [0.717, 1.165) is 24.7 Å².